The van der Waals surface area contributed by atoms with Crippen molar-refractivity contribution < 1.29 is 44.7 Å². The van der Waals surface area contributed by atoms with Gasteiger partial charge in [-0.25, -0.2) is 4.79 Å². The summed E-state index contributed by atoms with van der Waals surface area (Å²) in [6.07, 6.45) is 3.54. The third kappa shape index (κ3) is 10.6. The molecule has 41 heavy (non-hydrogen) atoms. The van der Waals surface area contributed by atoms with Gasteiger partial charge in [-0.15, -0.1) is 0 Å². The molecule has 0 atom stereocenters. The molecule has 226 valence electrons. The van der Waals surface area contributed by atoms with Gasteiger partial charge >= 0.3 is 17.9 Å². The third-order valence-corrected chi connectivity index (χ3v) is 6.74. The number of benzene rings is 1. The number of ether oxygens (including phenoxy) is 1. The zero-order chi connectivity index (χ0) is 31.0. The van der Waals surface area contributed by atoms with Gasteiger partial charge in [-0.05, 0) is 58.2 Å². The van der Waals surface area contributed by atoms with Crippen LogP contribution in [0.15, 0.2) is 42.7 Å². The lowest BCUT2D eigenvalue weighted by molar-refractivity contribution is -0.170. The highest BCUT2D eigenvalue weighted by atomic mass is 16.5. The average molecular weight is 576 g/mol. The Balaban J connectivity index is 0.000000383. The van der Waals surface area contributed by atoms with Crippen LogP contribution < -0.4 is 10.1 Å². The molecule has 1 aliphatic rings. The van der Waals surface area contributed by atoms with E-state index in [1.807, 2.05) is 24.4 Å². The van der Waals surface area contributed by atoms with Gasteiger partial charge in [-0.1, -0.05) is 12.1 Å². The Morgan fingerprint density at radius 1 is 1.02 bits per heavy atom. The average Bonchev–Trinajstić information content (AvgIpc) is 2.82. The van der Waals surface area contributed by atoms with Crippen LogP contribution in [0.5, 0.6) is 11.5 Å². The van der Waals surface area contributed by atoms with E-state index in [0.29, 0.717) is 18.3 Å². The summed E-state index contributed by atoms with van der Waals surface area (Å²) in [5.41, 5.74) is -0.524. The first kappa shape index (κ1) is 33.5. The number of nitrogens with zero attached hydrogens (tertiary/aromatic N) is 2. The molecule has 0 radical (unpaired) electrons. The van der Waals surface area contributed by atoms with Gasteiger partial charge in [-0.2, -0.15) is 0 Å². The van der Waals surface area contributed by atoms with Crippen LogP contribution in [0.2, 0.25) is 0 Å². The zero-order valence-electron chi connectivity index (χ0n) is 24.1. The lowest BCUT2D eigenvalue weighted by atomic mass is 9.78. The number of aliphatic carboxylic acids is 3. The molecule has 2 heterocycles. The maximum Gasteiger partial charge on any atom is 0.336 e. The Kier molecular flexibility index (Phi) is 11.2. The summed E-state index contributed by atoms with van der Waals surface area (Å²) in [7, 11) is 1.61. The number of carboxylic acids is 3. The summed E-state index contributed by atoms with van der Waals surface area (Å²) in [5.74, 6) is -4.07. The number of carbonyl (C=O) groups is 3. The van der Waals surface area contributed by atoms with E-state index >= 15 is 0 Å². The predicted molar refractivity (Wildman–Crippen MR) is 150 cm³/mol. The Morgan fingerprint density at radius 2 is 1.61 bits per heavy atom. The summed E-state index contributed by atoms with van der Waals surface area (Å²) in [4.78, 5) is 37.2. The number of hydrogen-bond donors (Lipinski definition) is 6. The second-order valence-electron chi connectivity index (χ2n) is 11.7. The van der Waals surface area contributed by atoms with Crippen molar-refractivity contribution in [3.8, 4) is 11.5 Å². The van der Waals surface area contributed by atoms with Crippen LogP contribution in [-0.2, 0) is 27.5 Å². The van der Waals surface area contributed by atoms with Crippen molar-refractivity contribution in [1.82, 2.24) is 15.2 Å². The Morgan fingerprint density at radius 3 is 2.05 bits per heavy atom. The second-order valence-corrected chi connectivity index (χ2v) is 11.7. The minimum Gasteiger partial charge on any atom is -0.507 e. The van der Waals surface area contributed by atoms with Gasteiger partial charge in [0, 0.05) is 54.2 Å². The van der Waals surface area contributed by atoms with Crippen LogP contribution >= 0.6 is 0 Å². The van der Waals surface area contributed by atoms with E-state index < -0.39 is 36.4 Å². The molecule has 1 aromatic carbocycles. The van der Waals surface area contributed by atoms with E-state index in [2.05, 4.69) is 49.0 Å². The number of hydrogen-bond acceptors (Lipinski definition) is 9. The first-order valence-electron chi connectivity index (χ1n) is 13.1. The van der Waals surface area contributed by atoms with Gasteiger partial charge < -0.3 is 35.6 Å². The second kappa shape index (κ2) is 13.7. The molecule has 0 unspecified atom stereocenters. The molecular weight excluding hydrogens is 534 g/mol. The molecule has 0 bridgehead atoms. The molecular formula is C29H41N3O9. The lowest BCUT2D eigenvalue weighted by Crippen LogP contribution is -2.62. The van der Waals surface area contributed by atoms with Gasteiger partial charge in [0.05, 0.1) is 20.0 Å². The minimum absolute atomic E-state index is 0.0571. The van der Waals surface area contributed by atoms with Crippen molar-refractivity contribution in [2.75, 3.05) is 7.11 Å². The summed E-state index contributed by atoms with van der Waals surface area (Å²) < 4.78 is 5.23. The van der Waals surface area contributed by atoms with Crippen molar-refractivity contribution >= 4 is 17.9 Å². The number of aromatic hydroxyl groups is 1. The first-order chi connectivity index (χ1) is 18.9. The van der Waals surface area contributed by atoms with Gasteiger partial charge in [0.25, 0.3) is 0 Å². The first-order valence-corrected chi connectivity index (χ1v) is 13.1. The number of phenolic OH excluding ortho intramolecular Hbond substituents is 1. The van der Waals surface area contributed by atoms with E-state index in [1.165, 1.54) is 5.56 Å². The van der Waals surface area contributed by atoms with Crippen LogP contribution in [0.1, 0.15) is 64.5 Å². The van der Waals surface area contributed by atoms with Crippen molar-refractivity contribution in [2.45, 2.75) is 89.2 Å². The van der Waals surface area contributed by atoms with E-state index in [0.717, 1.165) is 24.9 Å². The molecule has 1 aliphatic heterocycles. The van der Waals surface area contributed by atoms with Crippen molar-refractivity contribution in [3.63, 3.8) is 0 Å². The van der Waals surface area contributed by atoms with Gasteiger partial charge in [0.15, 0.2) is 5.60 Å². The molecule has 12 heteroatoms. The maximum absolute atomic E-state index is 10.5. The third-order valence-electron chi connectivity index (χ3n) is 6.74. The van der Waals surface area contributed by atoms with Crippen molar-refractivity contribution in [2.24, 2.45) is 0 Å². The van der Waals surface area contributed by atoms with Gasteiger partial charge in [-0.3, -0.25) is 19.5 Å². The highest BCUT2D eigenvalue weighted by Gasteiger charge is 2.41. The molecule has 1 aromatic heterocycles. The lowest BCUT2D eigenvalue weighted by Gasteiger charge is -2.49. The largest absolute Gasteiger partial charge is 0.507 e. The van der Waals surface area contributed by atoms with Crippen LogP contribution in [0.4, 0.5) is 0 Å². The number of pyridine rings is 1. The van der Waals surface area contributed by atoms with E-state index in [1.54, 1.807) is 19.4 Å². The van der Waals surface area contributed by atoms with E-state index in [9.17, 15) is 19.5 Å². The van der Waals surface area contributed by atoms with Crippen LogP contribution in [0.25, 0.3) is 0 Å². The number of phenols is 1. The highest BCUT2D eigenvalue weighted by Crippen LogP contribution is 2.34. The molecule has 0 amide bonds. The quantitative estimate of drug-likeness (QED) is 0.230. The van der Waals surface area contributed by atoms with Crippen molar-refractivity contribution in [1.29, 1.82) is 0 Å². The van der Waals surface area contributed by atoms with Crippen LogP contribution in [0.3, 0.4) is 0 Å². The van der Waals surface area contributed by atoms with Gasteiger partial charge in [0.1, 0.15) is 11.5 Å². The monoisotopic (exact) mass is 575 g/mol. The number of aliphatic hydroxyl groups is 1. The summed E-state index contributed by atoms with van der Waals surface area (Å²) in [5, 5.41) is 48.1. The highest BCUT2D eigenvalue weighted by molar-refractivity contribution is 5.88. The van der Waals surface area contributed by atoms with Crippen LogP contribution in [-0.4, -0.2) is 83.2 Å². The molecule has 2 aromatic rings. The molecule has 1 fully saturated rings. The fourth-order valence-electron chi connectivity index (χ4n) is 5.30. The minimum atomic E-state index is -2.74. The fraction of sp³-hybridized carbons (Fsp3) is 0.517. The van der Waals surface area contributed by atoms with E-state index in [-0.39, 0.29) is 16.8 Å². The maximum atomic E-state index is 10.5. The van der Waals surface area contributed by atoms with E-state index in [4.69, 9.17) is 25.2 Å². The molecule has 3 rings (SSSR count). The summed E-state index contributed by atoms with van der Waals surface area (Å²) in [6, 6.07) is 10.1. The Labute approximate surface area is 239 Å². The Bertz CT molecular complexity index is 1170. The predicted octanol–water partition coefficient (Wildman–Crippen LogP) is 2.86. The molecule has 0 spiro atoms. The van der Waals surface area contributed by atoms with Gasteiger partial charge in [0.2, 0.25) is 0 Å². The smallest absolute Gasteiger partial charge is 0.336 e. The van der Waals surface area contributed by atoms with Crippen LogP contribution in [0, 0.1) is 0 Å². The number of carboxylic acid groups (broad SMARTS) is 3. The molecule has 6 N–H and O–H groups in total. The normalized spacial score (nSPS) is 16.4. The SMILES string of the molecule is COc1ccc(CN(Cc2cccnc2)C2CC(C)(C)NC(C)(C)C2)c(O)c1.O=C(O)CC(O)(CC(=O)O)C(=O)O. The standard InChI is InChI=1S/C23H33N3O2.C6H8O7/c1-22(2)12-19(13-23(3,4)25-22)26(15-17-7-6-10-24-14-17)16-18-8-9-20(28-5)11-21(18)27;7-3(8)1-6(13,5(11)12)2-4(9)10/h6-11,14,19,25,27H,12-13,15-16H2,1-5H3;13H,1-2H2,(H,7,8)(H,9,10)(H,11,12). The fourth-order valence-corrected chi connectivity index (χ4v) is 5.30. The molecule has 1 saturated heterocycles. The summed E-state index contributed by atoms with van der Waals surface area (Å²) >= 11 is 0. The number of rotatable bonds is 11. The molecule has 0 aliphatic carbocycles. The number of methoxy groups -OCH3 is 1. The zero-order valence-corrected chi connectivity index (χ0v) is 24.1. The number of aromatic nitrogens is 1. The van der Waals surface area contributed by atoms with Crippen molar-refractivity contribution in [3.05, 3.63) is 53.9 Å². The Hall–Kier alpha value is -3.74. The molecule has 12 nitrogen and oxygen atoms in total. The number of piperidine rings is 1. The molecule has 0 saturated carbocycles. The topological polar surface area (TPSA) is 190 Å². The summed E-state index contributed by atoms with van der Waals surface area (Å²) in [6.45, 7) is 10.6. The number of nitrogens with one attached hydrogen (secondary N) is 1.